The molecule has 104 valence electrons. The molecule has 0 saturated carbocycles. The van der Waals surface area contributed by atoms with Crippen LogP contribution in [-0.4, -0.2) is 0 Å². The van der Waals surface area contributed by atoms with Crippen LogP contribution >= 0.6 is 11.6 Å². The maximum atomic E-state index is 6.10. The van der Waals surface area contributed by atoms with E-state index >= 15 is 0 Å². The van der Waals surface area contributed by atoms with Crippen LogP contribution in [0.25, 0.3) is 11.1 Å². The zero-order chi connectivity index (χ0) is 14.7. The molecular formula is C18H14ClNO. The third kappa shape index (κ3) is 3.18. The summed E-state index contributed by atoms with van der Waals surface area (Å²) in [5, 5.41) is 0.502. The van der Waals surface area contributed by atoms with Crippen LogP contribution < -0.4 is 10.5 Å². The van der Waals surface area contributed by atoms with E-state index in [-0.39, 0.29) is 0 Å². The summed E-state index contributed by atoms with van der Waals surface area (Å²) in [6, 6.07) is 23.3. The van der Waals surface area contributed by atoms with Crippen molar-refractivity contribution in [1.29, 1.82) is 0 Å². The summed E-state index contributed by atoms with van der Waals surface area (Å²) in [6.45, 7) is 0. The average molecular weight is 296 g/mol. The van der Waals surface area contributed by atoms with Gasteiger partial charge < -0.3 is 10.5 Å². The molecule has 0 heterocycles. The standard InChI is InChI=1S/C18H14ClNO/c19-17-12-15(20)8-11-18(17)21-16-9-6-14(7-10-16)13-4-2-1-3-5-13/h1-12H,20H2. The van der Waals surface area contributed by atoms with Gasteiger partial charge in [-0.1, -0.05) is 54.1 Å². The molecule has 3 aromatic carbocycles. The Hall–Kier alpha value is -2.45. The Morgan fingerprint density at radius 2 is 1.43 bits per heavy atom. The second kappa shape index (κ2) is 5.90. The minimum absolute atomic E-state index is 0.502. The van der Waals surface area contributed by atoms with Crippen molar-refractivity contribution >= 4 is 17.3 Å². The Bertz CT molecular complexity index is 739. The molecule has 0 atom stereocenters. The van der Waals surface area contributed by atoms with Crippen molar-refractivity contribution < 1.29 is 4.74 Å². The number of halogens is 1. The van der Waals surface area contributed by atoms with Crippen molar-refractivity contribution in [3.8, 4) is 22.6 Å². The third-order valence-electron chi connectivity index (χ3n) is 3.15. The van der Waals surface area contributed by atoms with Crippen molar-refractivity contribution in [2.45, 2.75) is 0 Å². The van der Waals surface area contributed by atoms with Gasteiger partial charge in [0.1, 0.15) is 11.5 Å². The van der Waals surface area contributed by atoms with Gasteiger partial charge in [-0.05, 0) is 41.5 Å². The quantitative estimate of drug-likeness (QED) is 0.658. The Morgan fingerprint density at radius 3 is 2.10 bits per heavy atom. The summed E-state index contributed by atoms with van der Waals surface area (Å²) in [5.41, 5.74) is 8.60. The summed E-state index contributed by atoms with van der Waals surface area (Å²) in [5.74, 6) is 1.33. The highest BCUT2D eigenvalue weighted by Crippen LogP contribution is 2.31. The normalized spacial score (nSPS) is 10.3. The Labute approximate surface area is 128 Å². The van der Waals surface area contributed by atoms with E-state index < -0.39 is 0 Å². The lowest BCUT2D eigenvalue weighted by Crippen LogP contribution is -1.88. The molecule has 0 radical (unpaired) electrons. The highest BCUT2D eigenvalue weighted by atomic mass is 35.5. The number of anilines is 1. The van der Waals surface area contributed by atoms with E-state index in [9.17, 15) is 0 Å². The fraction of sp³-hybridized carbons (Fsp3) is 0. The second-order valence-corrected chi connectivity index (χ2v) is 5.09. The molecule has 21 heavy (non-hydrogen) atoms. The molecule has 0 aliphatic carbocycles. The zero-order valence-electron chi connectivity index (χ0n) is 11.3. The Balaban J connectivity index is 1.81. The zero-order valence-corrected chi connectivity index (χ0v) is 12.0. The summed E-state index contributed by atoms with van der Waals surface area (Å²) >= 11 is 6.10. The molecule has 0 aliphatic heterocycles. The molecule has 3 heteroatoms. The molecule has 2 nitrogen and oxygen atoms in total. The van der Waals surface area contributed by atoms with Gasteiger partial charge in [-0.2, -0.15) is 0 Å². The third-order valence-corrected chi connectivity index (χ3v) is 3.44. The van der Waals surface area contributed by atoms with Crippen molar-refractivity contribution in [2.75, 3.05) is 5.73 Å². The van der Waals surface area contributed by atoms with E-state index in [1.54, 1.807) is 18.2 Å². The van der Waals surface area contributed by atoms with Gasteiger partial charge in [0, 0.05) is 5.69 Å². The van der Waals surface area contributed by atoms with E-state index in [4.69, 9.17) is 22.1 Å². The van der Waals surface area contributed by atoms with Crippen molar-refractivity contribution in [2.24, 2.45) is 0 Å². The van der Waals surface area contributed by atoms with Crippen molar-refractivity contribution in [1.82, 2.24) is 0 Å². The molecule has 0 fully saturated rings. The molecule has 0 aromatic heterocycles. The van der Waals surface area contributed by atoms with Gasteiger partial charge in [0.25, 0.3) is 0 Å². The number of hydrogen-bond acceptors (Lipinski definition) is 2. The number of hydrogen-bond donors (Lipinski definition) is 1. The van der Waals surface area contributed by atoms with Crippen LogP contribution in [-0.2, 0) is 0 Å². The first-order valence-electron chi connectivity index (χ1n) is 6.61. The molecule has 2 N–H and O–H groups in total. The monoisotopic (exact) mass is 295 g/mol. The van der Waals surface area contributed by atoms with Crippen molar-refractivity contribution in [3.63, 3.8) is 0 Å². The summed E-state index contributed by atoms with van der Waals surface area (Å²) in [4.78, 5) is 0. The van der Waals surface area contributed by atoms with E-state index in [0.717, 1.165) is 11.3 Å². The largest absolute Gasteiger partial charge is 0.456 e. The van der Waals surface area contributed by atoms with E-state index in [1.165, 1.54) is 5.56 Å². The molecule has 0 bridgehead atoms. The van der Waals surface area contributed by atoms with E-state index in [2.05, 4.69) is 12.1 Å². The number of nitrogens with two attached hydrogens (primary N) is 1. The fourth-order valence-electron chi connectivity index (χ4n) is 2.07. The highest BCUT2D eigenvalue weighted by Gasteiger charge is 2.04. The molecule has 3 rings (SSSR count). The van der Waals surface area contributed by atoms with Gasteiger partial charge in [0.15, 0.2) is 0 Å². The second-order valence-electron chi connectivity index (χ2n) is 4.68. The van der Waals surface area contributed by atoms with Crippen LogP contribution in [0, 0.1) is 0 Å². The number of nitrogen functional groups attached to an aromatic ring is 1. The summed E-state index contributed by atoms with van der Waals surface area (Å²) in [6.07, 6.45) is 0. The lowest BCUT2D eigenvalue weighted by molar-refractivity contribution is 0.483. The molecule has 0 spiro atoms. The van der Waals surface area contributed by atoms with Crippen molar-refractivity contribution in [3.05, 3.63) is 77.8 Å². The SMILES string of the molecule is Nc1ccc(Oc2ccc(-c3ccccc3)cc2)c(Cl)c1. The van der Waals surface area contributed by atoms with E-state index in [0.29, 0.717) is 16.5 Å². The maximum absolute atomic E-state index is 6.10. The minimum Gasteiger partial charge on any atom is -0.456 e. The van der Waals surface area contributed by atoms with Crippen LogP contribution in [0.4, 0.5) is 5.69 Å². The topological polar surface area (TPSA) is 35.2 Å². The van der Waals surface area contributed by atoms with Crippen LogP contribution in [0.3, 0.4) is 0 Å². The predicted octanol–water partition coefficient (Wildman–Crippen LogP) is 5.38. The molecule has 3 aromatic rings. The molecular weight excluding hydrogens is 282 g/mol. The van der Waals surface area contributed by atoms with Gasteiger partial charge in [-0.25, -0.2) is 0 Å². The van der Waals surface area contributed by atoms with Gasteiger partial charge in [-0.15, -0.1) is 0 Å². The molecule has 0 aliphatic rings. The molecule has 0 unspecified atom stereocenters. The fourth-order valence-corrected chi connectivity index (χ4v) is 2.30. The summed E-state index contributed by atoms with van der Waals surface area (Å²) in [7, 11) is 0. The molecule has 0 amide bonds. The lowest BCUT2D eigenvalue weighted by atomic mass is 10.1. The predicted molar refractivity (Wildman–Crippen MR) is 87.8 cm³/mol. The first-order valence-corrected chi connectivity index (χ1v) is 6.98. The van der Waals surface area contributed by atoms with Crippen LogP contribution in [0.5, 0.6) is 11.5 Å². The lowest BCUT2D eigenvalue weighted by Gasteiger charge is -2.09. The first kappa shape index (κ1) is 13.5. The maximum Gasteiger partial charge on any atom is 0.146 e. The first-order chi connectivity index (χ1) is 10.2. The van der Waals surface area contributed by atoms with Crippen LogP contribution in [0.15, 0.2) is 72.8 Å². The Morgan fingerprint density at radius 1 is 0.762 bits per heavy atom. The minimum atomic E-state index is 0.502. The van der Waals surface area contributed by atoms with E-state index in [1.807, 2.05) is 42.5 Å². The van der Waals surface area contributed by atoms with Gasteiger partial charge in [0.2, 0.25) is 0 Å². The summed E-state index contributed by atoms with van der Waals surface area (Å²) < 4.78 is 5.77. The van der Waals surface area contributed by atoms with Gasteiger partial charge in [-0.3, -0.25) is 0 Å². The number of rotatable bonds is 3. The average Bonchev–Trinajstić information content (AvgIpc) is 2.52. The van der Waals surface area contributed by atoms with Crippen LogP contribution in [0.2, 0.25) is 5.02 Å². The van der Waals surface area contributed by atoms with Gasteiger partial charge >= 0.3 is 0 Å². The molecule has 0 saturated heterocycles. The van der Waals surface area contributed by atoms with Gasteiger partial charge in [0.05, 0.1) is 5.02 Å². The van der Waals surface area contributed by atoms with Crippen LogP contribution in [0.1, 0.15) is 0 Å². The number of ether oxygens (including phenoxy) is 1. The Kier molecular flexibility index (Phi) is 3.80. The number of benzene rings is 3. The highest BCUT2D eigenvalue weighted by molar-refractivity contribution is 6.32. The smallest absolute Gasteiger partial charge is 0.146 e.